The number of fused-ring (bicyclic) bond motifs is 1. The van der Waals surface area contributed by atoms with Crippen LogP contribution < -0.4 is 4.72 Å². The second-order valence-corrected chi connectivity index (χ2v) is 7.82. The van der Waals surface area contributed by atoms with Crippen LogP contribution in [0.5, 0.6) is 0 Å². The molecule has 0 saturated heterocycles. The number of aryl methyl sites for hydroxylation is 1. The lowest BCUT2D eigenvalue weighted by molar-refractivity contribution is 0.0697. The third-order valence-corrected chi connectivity index (χ3v) is 5.27. The van der Waals surface area contributed by atoms with Crippen molar-refractivity contribution in [2.75, 3.05) is 4.72 Å². The summed E-state index contributed by atoms with van der Waals surface area (Å²) in [5, 5.41) is 12.6. The highest BCUT2D eigenvalue weighted by atomic mass is 32.2. The van der Waals surface area contributed by atoms with Gasteiger partial charge in [0.1, 0.15) is 0 Å². The minimum atomic E-state index is -4.10. The number of carboxylic acid groups (broad SMARTS) is 1. The first-order valence-corrected chi connectivity index (χ1v) is 9.98. The van der Waals surface area contributed by atoms with Crippen LogP contribution in [0.4, 0.5) is 5.69 Å². The molecule has 0 saturated carbocycles. The molecule has 9 nitrogen and oxygen atoms in total. The molecule has 0 spiro atoms. The van der Waals surface area contributed by atoms with Gasteiger partial charge in [-0.3, -0.25) is 4.72 Å². The summed E-state index contributed by atoms with van der Waals surface area (Å²) in [4.78, 5) is 19.3. The molecule has 0 atom stereocenters. The Balaban J connectivity index is 1.74. The number of sulfonamides is 1. The molecule has 0 radical (unpaired) electrons. The number of anilines is 1. The fourth-order valence-corrected chi connectivity index (χ4v) is 3.71. The highest BCUT2D eigenvalue weighted by molar-refractivity contribution is 7.92. The minimum absolute atomic E-state index is 0.0472. The van der Waals surface area contributed by atoms with Crippen molar-refractivity contribution < 1.29 is 18.3 Å². The van der Waals surface area contributed by atoms with Crippen LogP contribution in [0.1, 0.15) is 16.1 Å². The normalized spacial score (nSPS) is 11.5. The smallest absolute Gasteiger partial charge is 0.335 e. The van der Waals surface area contributed by atoms with Gasteiger partial charge >= 0.3 is 5.97 Å². The first-order chi connectivity index (χ1) is 13.8. The molecule has 0 unspecified atom stereocenters. The lowest BCUT2D eigenvalue weighted by Gasteiger charge is -2.05. The highest BCUT2D eigenvalue weighted by Gasteiger charge is 2.23. The first kappa shape index (κ1) is 18.6. The van der Waals surface area contributed by atoms with Gasteiger partial charge in [0.05, 0.1) is 11.3 Å². The van der Waals surface area contributed by atoms with E-state index in [1.54, 1.807) is 13.0 Å². The molecule has 4 rings (SSSR count). The predicted molar refractivity (Wildman–Crippen MR) is 105 cm³/mol. The summed E-state index contributed by atoms with van der Waals surface area (Å²) in [6.07, 6.45) is 0. The maximum Gasteiger partial charge on any atom is 0.335 e. The van der Waals surface area contributed by atoms with Crippen LogP contribution in [0.15, 0.2) is 65.8 Å². The second-order valence-electron chi connectivity index (χ2n) is 6.24. The van der Waals surface area contributed by atoms with E-state index in [0.717, 1.165) is 5.56 Å². The summed E-state index contributed by atoms with van der Waals surface area (Å²) < 4.78 is 29.2. The molecular formula is C19H15N5O4S. The zero-order valence-electron chi connectivity index (χ0n) is 15.1. The van der Waals surface area contributed by atoms with Crippen molar-refractivity contribution in [2.45, 2.75) is 12.1 Å². The Morgan fingerprint density at radius 1 is 1.03 bits per heavy atom. The third-order valence-electron chi connectivity index (χ3n) is 4.11. The molecule has 0 bridgehead atoms. The number of hydrogen-bond acceptors (Lipinski definition) is 6. The summed E-state index contributed by atoms with van der Waals surface area (Å²) in [5.74, 6) is -0.943. The summed E-state index contributed by atoms with van der Waals surface area (Å²) in [6.45, 7) is 1.79. The second kappa shape index (κ2) is 6.99. The van der Waals surface area contributed by atoms with Crippen molar-refractivity contribution in [1.29, 1.82) is 0 Å². The van der Waals surface area contributed by atoms with E-state index in [9.17, 15) is 13.2 Å². The van der Waals surface area contributed by atoms with Crippen molar-refractivity contribution in [3.8, 4) is 11.3 Å². The maximum atomic E-state index is 12.7. The molecule has 10 heteroatoms. The van der Waals surface area contributed by atoms with Crippen molar-refractivity contribution in [1.82, 2.24) is 19.6 Å². The predicted octanol–water partition coefficient (Wildman–Crippen LogP) is 2.60. The van der Waals surface area contributed by atoms with Crippen LogP contribution >= 0.6 is 0 Å². The Labute approximate surface area is 165 Å². The number of aromatic nitrogens is 4. The van der Waals surface area contributed by atoms with E-state index in [-0.39, 0.29) is 17.0 Å². The Morgan fingerprint density at radius 2 is 1.72 bits per heavy atom. The molecule has 29 heavy (non-hydrogen) atoms. The Morgan fingerprint density at radius 3 is 2.38 bits per heavy atom. The minimum Gasteiger partial charge on any atom is -0.478 e. The van der Waals surface area contributed by atoms with E-state index in [0.29, 0.717) is 11.4 Å². The van der Waals surface area contributed by atoms with Gasteiger partial charge in [-0.25, -0.2) is 9.78 Å². The largest absolute Gasteiger partial charge is 0.478 e. The molecule has 2 heterocycles. The van der Waals surface area contributed by atoms with Crippen molar-refractivity contribution in [2.24, 2.45) is 0 Å². The number of rotatable bonds is 5. The van der Waals surface area contributed by atoms with E-state index in [1.807, 2.05) is 30.3 Å². The van der Waals surface area contributed by atoms with Crippen LogP contribution in [-0.2, 0) is 10.0 Å². The average molecular weight is 409 g/mol. The fourth-order valence-electron chi connectivity index (χ4n) is 2.78. The van der Waals surface area contributed by atoms with Gasteiger partial charge in [0.15, 0.2) is 0 Å². The van der Waals surface area contributed by atoms with Crippen LogP contribution in [0.25, 0.3) is 17.0 Å². The quantitative estimate of drug-likeness (QED) is 0.519. The number of aromatic carboxylic acids is 1. The molecule has 0 amide bonds. The van der Waals surface area contributed by atoms with Crippen molar-refractivity contribution >= 4 is 27.5 Å². The number of benzene rings is 2. The van der Waals surface area contributed by atoms with Gasteiger partial charge in [0.2, 0.25) is 0 Å². The van der Waals surface area contributed by atoms with Gasteiger partial charge in [0.25, 0.3) is 21.0 Å². The zero-order valence-corrected chi connectivity index (χ0v) is 16.0. The van der Waals surface area contributed by atoms with Crippen molar-refractivity contribution in [3.63, 3.8) is 0 Å². The topological polar surface area (TPSA) is 127 Å². The van der Waals surface area contributed by atoms with Crippen LogP contribution in [0, 0.1) is 6.92 Å². The monoisotopic (exact) mass is 409 g/mol. The molecule has 2 aromatic carbocycles. The van der Waals surface area contributed by atoms with Gasteiger partial charge in [-0.05, 0) is 37.3 Å². The number of nitrogens with one attached hydrogen (secondary N) is 1. The average Bonchev–Trinajstić information content (AvgIpc) is 3.13. The Bertz CT molecular complexity index is 1320. The highest BCUT2D eigenvalue weighted by Crippen LogP contribution is 2.22. The fraction of sp³-hybridized carbons (Fsp3) is 0.0526. The van der Waals surface area contributed by atoms with Gasteiger partial charge in [-0.2, -0.15) is 17.9 Å². The molecule has 2 aromatic heterocycles. The number of hydrogen-bond donors (Lipinski definition) is 2. The third kappa shape index (κ3) is 3.65. The lowest BCUT2D eigenvalue weighted by Crippen LogP contribution is -2.15. The Hall–Kier alpha value is -3.79. The first-order valence-electron chi connectivity index (χ1n) is 8.49. The molecular weight excluding hydrogens is 394 g/mol. The van der Waals surface area contributed by atoms with Gasteiger partial charge in [-0.15, -0.1) is 5.10 Å². The summed E-state index contributed by atoms with van der Waals surface area (Å²) >= 11 is 0. The molecule has 0 aliphatic rings. The van der Waals surface area contributed by atoms with E-state index in [4.69, 9.17) is 5.11 Å². The van der Waals surface area contributed by atoms with Gasteiger partial charge in [0, 0.05) is 16.9 Å². The van der Waals surface area contributed by atoms with Gasteiger partial charge < -0.3 is 5.11 Å². The lowest BCUT2D eigenvalue weighted by atomic mass is 10.1. The number of nitrogens with zero attached hydrogens (tertiary/aromatic N) is 4. The van der Waals surface area contributed by atoms with Crippen LogP contribution in [0.3, 0.4) is 0 Å². The molecule has 0 aliphatic heterocycles. The SMILES string of the molecule is Cc1cc(-c2ccccc2)n2nc(S(=O)(=O)Nc3ccc(C(=O)O)cc3)nc2n1. The molecule has 0 aliphatic carbocycles. The van der Waals surface area contributed by atoms with E-state index < -0.39 is 21.1 Å². The van der Waals surface area contributed by atoms with Crippen molar-refractivity contribution in [3.05, 3.63) is 71.9 Å². The van der Waals surface area contributed by atoms with E-state index in [2.05, 4.69) is 19.8 Å². The number of carbonyl (C=O) groups is 1. The maximum absolute atomic E-state index is 12.7. The van der Waals surface area contributed by atoms with Gasteiger partial charge in [-0.1, -0.05) is 30.3 Å². The van der Waals surface area contributed by atoms with E-state index >= 15 is 0 Å². The standard InChI is InChI=1S/C19H15N5O4S/c1-12-11-16(13-5-3-2-4-6-13)24-18(20-12)21-19(22-24)29(27,28)23-15-9-7-14(8-10-15)17(25)26/h2-11,23H,1H3,(H,25,26). The molecule has 4 aromatic rings. The number of carboxylic acids is 1. The molecule has 2 N–H and O–H groups in total. The zero-order chi connectivity index (χ0) is 20.6. The summed E-state index contributed by atoms with van der Waals surface area (Å²) in [7, 11) is -4.10. The van der Waals surface area contributed by atoms with E-state index in [1.165, 1.54) is 28.8 Å². The summed E-state index contributed by atoms with van der Waals surface area (Å²) in [6, 6.07) is 16.5. The molecule has 0 fully saturated rings. The summed E-state index contributed by atoms with van der Waals surface area (Å²) in [5.41, 5.74) is 2.42. The van der Waals surface area contributed by atoms with Crippen LogP contribution in [0.2, 0.25) is 0 Å². The Kier molecular flexibility index (Phi) is 4.47. The van der Waals surface area contributed by atoms with Crippen LogP contribution in [-0.4, -0.2) is 39.1 Å². The molecule has 146 valence electrons.